The number of carbonyl (C=O) groups is 1. The van der Waals surface area contributed by atoms with Crippen LogP contribution in [0.2, 0.25) is 0 Å². The molecule has 0 aromatic carbocycles. The second-order valence-electron chi connectivity index (χ2n) is 5.10. The van der Waals surface area contributed by atoms with Gasteiger partial charge in [0, 0.05) is 19.1 Å². The zero-order valence-corrected chi connectivity index (χ0v) is 12.0. The number of nitrogens with one attached hydrogen (secondary N) is 1. The van der Waals surface area contributed by atoms with Gasteiger partial charge in [-0.15, -0.1) is 11.3 Å². The minimum atomic E-state index is -0.690. The Morgan fingerprint density at radius 1 is 1.61 bits per heavy atom. The standard InChI is InChI=1S/C12H20N2O3S/c1-12(2,3)10-9(18-7-14-10)11(16)13-5-8(15)6-17-4/h7-8,15H,5-6H2,1-4H3,(H,13,16). The minimum absolute atomic E-state index is 0.169. The Morgan fingerprint density at radius 2 is 2.28 bits per heavy atom. The first-order valence-electron chi connectivity index (χ1n) is 5.75. The summed E-state index contributed by atoms with van der Waals surface area (Å²) in [6.07, 6.45) is -0.690. The van der Waals surface area contributed by atoms with Crippen molar-refractivity contribution in [3.63, 3.8) is 0 Å². The predicted octanol–water partition coefficient (Wildman–Crippen LogP) is 1.18. The van der Waals surface area contributed by atoms with Gasteiger partial charge in [-0.3, -0.25) is 4.79 Å². The molecule has 1 atom stereocenters. The van der Waals surface area contributed by atoms with Gasteiger partial charge in [0.05, 0.1) is 23.9 Å². The van der Waals surface area contributed by atoms with Crippen molar-refractivity contribution in [2.24, 2.45) is 0 Å². The second-order valence-corrected chi connectivity index (χ2v) is 5.95. The second kappa shape index (κ2) is 6.26. The highest BCUT2D eigenvalue weighted by Gasteiger charge is 2.24. The Bertz CT molecular complexity index is 398. The number of hydrogen-bond acceptors (Lipinski definition) is 5. The van der Waals surface area contributed by atoms with Crippen molar-refractivity contribution in [1.29, 1.82) is 0 Å². The van der Waals surface area contributed by atoms with E-state index in [2.05, 4.69) is 10.3 Å². The lowest BCUT2D eigenvalue weighted by atomic mass is 9.91. The predicted molar refractivity (Wildman–Crippen MR) is 71.0 cm³/mol. The van der Waals surface area contributed by atoms with Crippen molar-refractivity contribution in [3.05, 3.63) is 16.1 Å². The Kier molecular flexibility index (Phi) is 5.25. The van der Waals surface area contributed by atoms with Gasteiger partial charge >= 0.3 is 0 Å². The van der Waals surface area contributed by atoms with Crippen LogP contribution in [-0.4, -0.2) is 42.4 Å². The topological polar surface area (TPSA) is 71.5 Å². The van der Waals surface area contributed by atoms with Crippen LogP contribution in [0.25, 0.3) is 0 Å². The summed E-state index contributed by atoms with van der Waals surface area (Å²) in [7, 11) is 1.51. The van der Waals surface area contributed by atoms with Crippen LogP contribution in [0.15, 0.2) is 5.51 Å². The SMILES string of the molecule is COCC(O)CNC(=O)c1scnc1C(C)(C)C. The molecule has 0 spiro atoms. The lowest BCUT2D eigenvalue weighted by Crippen LogP contribution is -2.35. The summed E-state index contributed by atoms with van der Waals surface area (Å²) in [5.41, 5.74) is 2.28. The molecule has 0 fully saturated rings. The number of aliphatic hydroxyl groups excluding tert-OH is 1. The molecule has 102 valence electrons. The molecular weight excluding hydrogens is 252 g/mol. The number of methoxy groups -OCH3 is 1. The number of thiazole rings is 1. The monoisotopic (exact) mass is 272 g/mol. The molecule has 0 saturated carbocycles. The maximum atomic E-state index is 12.0. The van der Waals surface area contributed by atoms with E-state index in [1.807, 2.05) is 20.8 Å². The number of amides is 1. The average molecular weight is 272 g/mol. The van der Waals surface area contributed by atoms with Crippen molar-refractivity contribution in [2.45, 2.75) is 32.3 Å². The summed E-state index contributed by atoms with van der Waals surface area (Å²) in [5, 5.41) is 12.2. The molecule has 1 unspecified atom stereocenters. The van der Waals surface area contributed by atoms with E-state index in [0.717, 1.165) is 5.69 Å². The van der Waals surface area contributed by atoms with Gasteiger partial charge in [0.2, 0.25) is 0 Å². The van der Waals surface area contributed by atoms with E-state index in [0.29, 0.717) is 4.88 Å². The highest BCUT2D eigenvalue weighted by atomic mass is 32.1. The summed E-state index contributed by atoms with van der Waals surface area (Å²) in [4.78, 5) is 16.8. The number of rotatable bonds is 5. The molecule has 2 N–H and O–H groups in total. The molecule has 0 aliphatic carbocycles. The maximum Gasteiger partial charge on any atom is 0.263 e. The van der Waals surface area contributed by atoms with Gasteiger partial charge in [0.25, 0.3) is 5.91 Å². The highest BCUT2D eigenvalue weighted by molar-refractivity contribution is 7.11. The maximum absolute atomic E-state index is 12.0. The minimum Gasteiger partial charge on any atom is -0.389 e. The molecule has 1 rings (SSSR count). The van der Waals surface area contributed by atoms with Crippen LogP contribution < -0.4 is 5.32 Å². The van der Waals surface area contributed by atoms with Crippen molar-refractivity contribution < 1.29 is 14.6 Å². The van der Waals surface area contributed by atoms with Crippen molar-refractivity contribution in [1.82, 2.24) is 10.3 Å². The molecule has 6 heteroatoms. The molecule has 1 aromatic heterocycles. The van der Waals surface area contributed by atoms with Crippen molar-refractivity contribution in [3.8, 4) is 0 Å². The first-order valence-corrected chi connectivity index (χ1v) is 6.63. The van der Waals surface area contributed by atoms with Crippen LogP contribution in [-0.2, 0) is 10.2 Å². The third-order valence-electron chi connectivity index (χ3n) is 2.34. The molecule has 1 amide bonds. The van der Waals surface area contributed by atoms with E-state index < -0.39 is 6.10 Å². The van der Waals surface area contributed by atoms with Gasteiger partial charge in [-0.2, -0.15) is 0 Å². The van der Waals surface area contributed by atoms with E-state index >= 15 is 0 Å². The number of hydrogen-bond donors (Lipinski definition) is 2. The Morgan fingerprint density at radius 3 is 2.83 bits per heavy atom. The summed E-state index contributed by atoms with van der Waals surface area (Å²) in [6.45, 7) is 6.42. The molecule has 0 saturated heterocycles. The van der Waals surface area contributed by atoms with Crippen LogP contribution in [0.1, 0.15) is 36.1 Å². The Labute approximate surface area is 111 Å². The fourth-order valence-corrected chi connectivity index (χ4v) is 2.40. The van der Waals surface area contributed by atoms with Gasteiger partial charge in [-0.05, 0) is 0 Å². The van der Waals surface area contributed by atoms with Crippen LogP contribution in [0.5, 0.6) is 0 Å². The van der Waals surface area contributed by atoms with Gasteiger partial charge < -0.3 is 15.2 Å². The summed E-state index contributed by atoms with van der Waals surface area (Å²) < 4.78 is 4.79. The third-order valence-corrected chi connectivity index (χ3v) is 3.17. The first-order chi connectivity index (χ1) is 8.36. The molecule has 0 bridgehead atoms. The van der Waals surface area contributed by atoms with E-state index in [4.69, 9.17) is 4.74 Å². The quantitative estimate of drug-likeness (QED) is 0.844. The molecule has 5 nitrogen and oxygen atoms in total. The number of carbonyl (C=O) groups excluding carboxylic acids is 1. The molecule has 0 aliphatic rings. The number of ether oxygens (including phenoxy) is 1. The largest absolute Gasteiger partial charge is 0.389 e. The van der Waals surface area contributed by atoms with E-state index in [9.17, 15) is 9.90 Å². The average Bonchev–Trinajstić information content (AvgIpc) is 2.74. The Hall–Kier alpha value is -0.980. The molecule has 1 aromatic rings. The lowest BCUT2D eigenvalue weighted by molar-refractivity contribution is 0.0610. The number of aliphatic hydroxyl groups is 1. The number of nitrogens with zero attached hydrogens (tertiary/aromatic N) is 1. The van der Waals surface area contributed by atoms with Crippen LogP contribution in [0.3, 0.4) is 0 Å². The molecular formula is C12H20N2O3S. The van der Waals surface area contributed by atoms with Gasteiger partial charge in [-0.25, -0.2) is 4.98 Å². The Balaban J connectivity index is 2.65. The van der Waals surface area contributed by atoms with Gasteiger partial charge in [-0.1, -0.05) is 20.8 Å². The van der Waals surface area contributed by atoms with Crippen LogP contribution in [0, 0.1) is 0 Å². The number of aromatic nitrogens is 1. The van der Waals surface area contributed by atoms with E-state index in [1.165, 1.54) is 18.4 Å². The van der Waals surface area contributed by atoms with E-state index in [-0.39, 0.29) is 24.5 Å². The third kappa shape index (κ3) is 4.04. The van der Waals surface area contributed by atoms with Gasteiger partial charge in [0.15, 0.2) is 0 Å². The molecule has 18 heavy (non-hydrogen) atoms. The van der Waals surface area contributed by atoms with Crippen molar-refractivity contribution in [2.75, 3.05) is 20.3 Å². The van der Waals surface area contributed by atoms with Gasteiger partial charge in [0.1, 0.15) is 4.88 Å². The summed E-state index contributed by atoms with van der Waals surface area (Å²) in [5.74, 6) is -0.197. The first kappa shape index (κ1) is 15.1. The molecule has 0 radical (unpaired) electrons. The highest BCUT2D eigenvalue weighted by Crippen LogP contribution is 2.26. The summed E-state index contributed by atoms with van der Waals surface area (Å²) in [6, 6.07) is 0. The zero-order valence-electron chi connectivity index (χ0n) is 11.2. The lowest BCUT2D eigenvalue weighted by Gasteiger charge is -2.17. The summed E-state index contributed by atoms with van der Waals surface area (Å²) >= 11 is 1.31. The van der Waals surface area contributed by atoms with E-state index in [1.54, 1.807) is 5.51 Å². The normalized spacial score (nSPS) is 13.4. The van der Waals surface area contributed by atoms with Crippen LogP contribution in [0.4, 0.5) is 0 Å². The zero-order chi connectivity index (χ0) is 13.8. The van der Waals surface area contributed by atoms with Crippen LogP contribution >= 0.6 is 11.3 Å². The molecule has 0 aliphatic heterocycles. The fraction of sp³-hybridized carbons (Fsp3) is 0.667. The van der Waals surface area contributed by atoms with Crippen molar-refractivity contribution >= 4 is 17.2 Å². The fourth-order valence-electron chi connectivity index (χ4n) is 1.48. The smallest absolute Gasteiger partial charge is 0.263 e. The molecule has 1 heterocycles.